The summed E-state index contributed by atoms with van der Waals surface area (Å²) in [6, 6.07) is 24.4. The number of rotatable bonds is 8. The summed E-state index contributed by atoms with van der Waals surface area (Å²) in [7, 11) is -2.29. The van der Waals surface area contributed by atoms with Crippen molar-refractivity contribution in [2.24, 2.45) is 5.10 Å². The lowest BCUT2D eigenvalue weighted by atomic mass is 9.97. The van der Waals surface area contributed by atoms with E-state index in [-0.39, 0.29) is 16.6 Å². The SMILES string of the molecule is COc1ccc2cc(C(C)C(=O)NN=Cc3ccc(OS(=O)(=O)c4ccc(C)cc4)cc3)ccc2c1. The van der Waals surface area contributed by atoms with E-state index in [0.29, 0.717) is 5.56 Å². The predicted molar refractivity (Wildman–Crippen MR) is 140 cm³/mol. The highest BCUT2D eigenvalue weighted by molar-refractivity contribution is 7.87. The molecule has 0 bridgehead atoms. The smallest absolute Gasteiger partial charge is 0.339 e. The van der Waals surface area contributed by atoms with E-state index >= 15 is 0 Å². The lowest BCUT2D eigenvalue weighted by Gasteiger charge is -2.11. The molecule has 1 unspecified atom stereocenters. The van der Waals surface area contributed by atoms with Crippen LogP contribution < -0.4 is 14.3 Å². The van der Waals surface area contributed by atoms with Crippen molar-refractivity contribution >= 4 is 33.0 Å². The quantitative estimate of drug-likeness (QED) is 0.204. The second-order valence-corrected chi connectivity index (χ2v) is 9.89. The van der Waals surface area contributed by atoms with Crippen LogP contribution in [-0.2, 0) is 14.9 Å². The second kappa shape index (κ2) is 10.6. The minimum Gasteiger partial charge on any atom is -0.497 e. The van der Waals surface area contributed by atoms with Gasteiger partial charge in [-0.2, -0.15) is 13.5 Å². The number of amides is 1. The molecule has 8 heteroatoms. The van der Waals surface area contributed by atoms with E-state index in [1.165, 1.54) is 30.5 Å². The Labute approximate surface area is 210 Å². The average molecular weight is 503 g/mol. The van der Waals surface area contributed by atoms with Gasteiger partial charge in [0.15, 0.2) is 0 Å². The first-order valence-electron chi connectivity index (χ1n) is 11.3. The molecule has 7 nitrogen and oxygen atoms in total. The zero-order valence-electron chi connectivity index (χ0n) is 20.1. The normalized spacial score (nSPS) is 12.4. The molecule has 1 atom stereocenters. The van der Waals surface area contributed by atoms with E-state index in [2.05, 4.69) is 10.5 Å². The third-order valence-corrected chi connectivity index (χ3v) is 7.01. The number of fused-ring (bicyclic) bond motifs is 1. The molecular weight excluding hydrogens is 476 g/mol. The van der Waals surface area contributed by atoms with E-state index in [4.69, 9.17) is 8.92 Å². The first-order chi connectivity index (χ1) is 17.2. The number of aryl methyl sites for hydroxylation is 1. The van der Waals surface area contributed by atoms with Gasteiger partial charge in [0.1, 0.15) is 16.4 Å². The average Bonchev–Trinajstić information content (AvgIpc) is 2.88. The molecule has 0 fully saturated rings. The van der Waals surface area contributed by atoms with Gasteiger partial charge < -0.3 is 8.92 Å². The van der Waals surface area contributed by atoms with E-state index in [1.807, 2.05) is 50.2 Å². The Balaban J connectivity index is 1.36. The number of benzene rings is 4. The van der Waals surface area contributed by atoms with Gasteiger partial charge in [-0.15, -0.1) is 0 Å². The first-order valence-corrected chi connectivity index (χ1v) is 12.7. The van der Waals surface area contributed by atoms with E-state index in [9.17, 15) is 13.2 Å². The second-order valence-electron chi connectivity index (χ2n) is 8.35. The van der Waals surface area contributed by atoms with Crippen molar-refractivity contribution < 1.29 is 22.1 Å². The fraction of sp³-hybridized carbons (Fsp3) is 0.143. The molecular formula is C28H26N2O5S. The molecule has 0 aliphatic rings. The number of hydrogen-bond donors (Lipinski definition) is 1. The molecule has 1 amide bonds. The van der Waals surface area contributed by atoms with Crippen molar-refractivity contribution in [1.29, 1.82) is 0 Å². The molecule has 4 rings (SSSR count). The summed E-state index contributed by atoms with van der Waals surface area (Å²) in [6.45, 7) is 3.69. The molecule has 0 spiro atoms. The molecule has 4 aromatic carbocycles. The molecule has 0 aliphatic carbocycles. The first kappa shape index (κ1) is 24.9. The molecule has 184 valence electrons. The maximum atomic E-state index is 12.6. The van der Waals surface area contributed by atoms with Crippen LogP contribution >= 0.6 is 0 Å². The van der Waals surface area contributed by atoms with Crippen LogP contribution in [0.1, 0.15) is 29.5 Å². The predicted octanol–water partition coefficient (Wildman–Crippen LogP) is 5.18. The van der Waals surface area contributed by atoms with Crippen molar-refractivity contribution in [2.45, 2.75) is 24.7 Å². The molecule has 0 heterocycles. The van der Waals surface area contributed by atoms with Crippen LogP contribution in [0.25, 0.3) is 10.8 Å². The molecule has 1 N–H and O–H groups in total. The summed E-state index contributed by atoms with van der Waals surface area (Å²) in [6.07, 6.45) is 1.48. The maximum Gasteiger partial charge on any atom is 0.339 e. The topological polar surface area (TPSA) is 94.1 Å². The molecule has 0 aliphatic heterocycles. The van der Waals surface area contributed by atoms with Gasteiger partial charge >= 0.3 is 10.1 Å². The maximum absolute atomic E-state index is 12.6. The van der Waals surface area contributed by atoms with Crippen LogP contribution in [0.4, 0.5) is 0 Å². The van der Waals surface area contributed by atoms with Crippen LogP contribution in [0, 0.1) is 6.92 Å². The van der Waals surface area contributed by atoms with Gasteiger partial charge in [-0.3, -0.25) is 4.79 Å². The number of nitrogens with zero attached hydrogens (tertiary/aromatic N) is 1. The summed E-state index contributed by atoms with van der Waals surface area (Å²) in [5, 5.41) is 6.08. The zero-order valence-corrected chi connectivity index (χ0v) is 21.0. The fourth-order valence-corrected chi connectivity index (χ4v) is 4.48. The zero-order chi connectivity index (χ0) is 25.7. The third-order valence-electron chi connectivity index (χ3n) is 5.75. The summed E-state index contributed by atoms with van der Waals surface area (Å²) < 4.78 is 35.3. The number of carbonyl (C=O) groups is 1. The minimum atomic E-state index is -3.92. The summed E-state index contributed by atoms with van der Waals surface area (Å²) in [4.78, 5) is 12.7. The van der Waals surface area contributed by atoms with E-state index in [0.717, 1.165) is 27.6 Å². The number of carbonyl (C=O) groups excluding carboxylic acids is 1. The number of hydrogen-bond acceptors (Lipinski definition) is 6. The molecule has 0 saturated carbocycles. The summed E-state index contributed by atoms with van der Waals surface area (Å²) in [5.41, 5.74) is 5.05. The Bertz CT molecular complexity index is 1510. The number of hydrazone groups is 1. The molecule has 0 aromatic heterocycles. The van der Waals surface area contributed by atoms with Gasteiger partial charge in [0.2, 0.25) is 5.91 Å². The highest BCUT2D eigenvalue weighted by Crippen LogP contribution is 2.25. The van der Waals surface area contributed by atoms with E-state index in [1.54, 1.807) is 31.4 Å². The fourth-order valence-electron chi connectivity index (χ4n) is 3.55. The van der Waals surface area contributed by atoms with Crippen molar-refractivity contribution in [1.82, 2.24) is 5.43 Å². The highest BCUT2D eigenvalue weighted by atomic mass is 32.2. The molecule has 4 aromatic rings. The van der Waals surface area contributed by atoms with Crippen LogP contribution in [0.15, 0.2) is 94.9 Å². The Kier molecular flexibility index (Phi) is 7.36. The van der Waals surface area contributed by atoms with Crippen LogP contribution in [0.5, 0.6) is 11.5 Å². The monoisotopic (exact) mass is 502 g/mol. The Morgan fingerprint density at radius 2 is 1.53 bits per heavy atom. The van der Waals surface area contributed by atoms with Crippen molar-refractivity contribution in [3.63, 3.8) is 0 Å². The highest BCUT2D eigenvalue weighted by Gasteiger charge is 2.17. The lowest BCUT2D eigenvalue weighted by Crippen LogP contribution is -2.23. The largest absolute Gasteiger partial charge is 0.497 e. The lowest BCUT2D eigenvalue weighted by molar-refractivity contribution is -0.122. The molecule has 0 saturated heterocycles. The Morgan fingerprint density at radius 3 is 2.22 bits per heavy atom. The van der Waals surface area contributed by atoms with Crippen molar-refractivity contribution in [3.8, 4) is 11.5 Å². The summed E-state index contributed by atoms with van der Waals surface area (Å²) >= 11 is 0. The van der Waals surface area contributed by atoms with Gasteiger partial charge in [-0.05, 0) is 84.3 Å². The Hall–Kier alpha value is -4.17. The van der Waals surface area contributed by atoms with Gasteiger partial charge in [0.05, 0.1) is 19.2 Å². The van der Waals surface area contributed by atoms with Crippen molar-refractivity contribution in [3.05, 3.63) is 102 Å². The molecule has 0 radical (unpaired) electrons. The number of ether oxygens (including phenoxy) is 1. The van der Waals surface area contributed by atoms with Gasteiger partial charge in [-0.1, -0.05) is 42.0 Å². The number of methoxy groups -OCH3 is 1. The van der Waals surface area contributed by atoms with Crippen LogP contribution in [0.3, 0.4) is 0 Å². The van der Waals surface area contributed by atoms with Crippen LogP contribution in [0.2, 0.25) is 0 Å². The molecule has 36 heavy (non-hydrogen) atoms. The van der Waals surface area contributed by atoms with Crippen LogP contribution in [-0.4, -0.2) is 27.6 Å². The minimum absolute atomic E-state index is 0.0849. The van der Waals surface area contributed by atoms with Gasteiger partial charge in [0, 0.05) is 0 Å². The van der Waals surface area contributed by atoms with Gasteiger partial charge in [-0.25, -0.2) is 5.43 Å². The summed E-state index contributed by atoms with van der Waals surface area (Å²) in [5.74, 6) is 0.307. The third kappa shape index (κ3) is 5.90. The van der Waals surface area contributed by atoms with E-state index < -0.39 is 16.0 Å². The van der Waals surface area contributed by atoms with Gasteiger partial charge in [0.25, 0.3) is 0 Å². The Morgan fingerprint density at radius 1 is 0.889 bits per heavy atom. The number of nitrogens with one attached hydrogen (secondary N) is 1. The standard InChI is InChI=1S/C28H26N2O5S/c1-19-4-14-27(15-5-19)36(32,33)35-25-11-6-21(7-12-25)18-29-30-28(31)20(2)22-8-9-24-17-26(34-3)13-10-23(24)16-22/h4-18,20H,1-3H3,(H,30,31). The van der Waals surface area contributed by atoms with Crippen molar-refractivity contribution in [2.75, 3.05) is 7.11 Å².